The van der Waals surface area contributed by atoms with E-state index in [-0.39, 0.29) is 16.3 Å². The lowest BCUT2D eigenvalue weighted by Crippen LogP contribution is -2.37. The molecule has 1 aromatic heterocycles. The van der Waals surface area contributed by atoms with Crippen LogP contribution in [0.25, 0.3) is 0 Å². The fraction of sp³-hybridized carbons (Fsp3) is 0.714. The molecule has 0 unspecified atom stereocenters. The van der Waals surface area contributed by atoms with Crippen LogP contribution in [0, 0.1) is 0 Å². The minimum absolute atomic E-state index is 0.0752. The number of rotatable bonds is 4. The van der Waals surface area contributed by atoms with Crippen LogP contribution in [0.5, 0.6) is 0 Å². The highest BCUT2D eigenvalue weighted by molar-refractivity contribution is 7.91. The molecule has 128 valence electrons. The predicted octanol–water partition coefficient (Wildman–Crippen LogP) is 1.06. The molecule has 0 atom stereocenters. The van der Waals surface area contributed by atoms with Crippen molar-refractivity contribution in [1.29, 1.82) is 0 Å². The number of aromatic nitrogens is 2. The second-order valence-electron chi connectivity index (χ2n) is 5.70. The Kier molecular flexibility index (Phi) is 5.35. The van der Waals surface area contributed by atoms with Crippen molar-refractivity contribution in [3.63, 3.8) is 0 Å². The summed E-state index contributed by atoms with van der Waals surface area (Å²) in [7, 11) is -3.27. The molecular formula is C14H20ClN3O4S. The van der Waals surface area contributed by atoms with Crippen molar-refractivity contribution in [3.8, 4) is 0 Å². The second-order valence-corrected chi connectivity index (χ2v) is 8.32. The number of halogens is 1. The molecule has 0 amide bonds. The van der Waals surface area contributed by atoms with E-state index in [2.05, 4.69) is 9.97 Å². The predicted molar refractivity (Wildman–Crippen MR) is 86.5 cm³/mol. The number of nitrogens with zero attached hydrogens (tertiary/aromatic N) is 3. The van der Waals surface area contributed by atoms with Crippen LogP contribution in [-0.4, -0.2) is 63.2 Å². The van der Waals surface area contributed by atoms with Crippen LogP contribution >= 0.6 is 11.6 Å². The van der Waals surface area contributed by atoms with Crippen molar-refractivity contribution in [2.45, 2.75) is 23.8 Å². The average Bonchev–Trinajstić information content (AvgIpc) is 2.55. The lowest BCUT2D eigenvalue weighted by Gasteiger charge is -2.28. The van der Waals surface area contributed by atoms with Gasteiger partial charge in [0, 0.05) is 32.4 Å². The molecule has 0 spiro atoms. The van der Waals surface area contributed by atoms with E-state index in [4.69, 9.17) is 21.1 Å². The number of hydrogen-bond acceptors (Lipinski definition) is 7. The molecule has 1 aromatic rings. The highest BCUT2D eigenvalue weighted by Gasteiger charge is 2.29. The Balaban J connectivity index is 1.77. The van der Waals surface area contributed by atoms with Gasteiger partial charge in [-0.05, 0) is 24.4 Å². The van der Waals surface area contributed by atoms with Gasteiger partial charge in [-0.2, -0.15) is 0 Å². The van der Waals surface area contributed by atoms with Gasteiger partial charge in [-0.15, -0.1) is 0 Å². The third-order valence-electron chi connectivity index (χ3n) is 4.10. The molecule has 2 aliphatic heterocycles. The Hall–Kier alpha value is -0.960. The lowest BCUT2D eigenvalue weighted by molar-refractivity contribution is 0.0983. The van der Waals surface area contributed by atoms with Crippen LogP contribution in [0.1, 0.15) is 18.5 Å². The fourth-order valence-corrected chi connectivity index (χ4v) is 4.74. The molecule has 7 nitrogen and oxygen atoms in total. The van der Waals surface area contributed by atoms with Gasteiger partial charge in [-0.3, -0.25) is 0 Å². The van der Waals surface area contributed by atoms with Gasteiger partial charge in [-0.1, -0.05) is 0 Å². The van der Waals surface area contributed by atoms with Crippen molar-refractivity contribution < 1.29 is 17.9 Å². The summed E-state index contributed by atoms with van der Waals surface area (Å²) < 4.78 is 35.7. The SMILES string of the molecule is O=S(=O)(Cc1cc(N2CCOCC2)nc(Cl)n1)C1CCOCC1. The highest BCUT2D eigenvalue weighted by atomic mass is 35.5. The zero-order valence-corrected chi connectivity index (χ0v) is 14.4. The third kappa shape index (κ3) is 4.32. The van der Waals surface area contributed by atoms with Crippen molar-refractivity contribution in [1.82, 2.24) is 9.97 Å². The van der Waals surface area contributed by atoms with Crippen molar-refractivity contribution in [3.05, 3.63) is 17.0 Å². The topological polar surface area (TPSA) is 81.6 Å². The van der Waals surface area contributed by atoms with Gasteiger partial charge >= 0.3 is 0 Å². The smallest absolute Gasteiger partial charge is 0.224 e. The number of anilines is 1. The summed E-state index contributed by atoms with van der Waals surface area (Å²) in [5, 5.41) is -0.289. The van der Waals surface area contributed by atoms with Gasteiger partial charge in [0.25, 0.3) is 0 Å². The maximum atomic E-state index is 12.6. The second kappa shape index (κ2) is 7.29. The zero-order chi connectivity index (χ0) is 16.3. The number of morpholine rings is 1. The van der Waals surface area contributed by atoms with Crippen LogP contribution in [0.3, 0.4) is 0 Å². The molecule has 0 aromatic carbocycles. The number of sulfone groups is 1. The summed E-state index contributed by atoms with van der Waals surface area (Å²) >= 11 is 5.99. The molecule has 3 rings (SSSR count). The van der Waals surface area contributed by atoms with Gasteiger partial charge < -0.3 is 14.4 Å². The highest BCUT2D eigenvalue weighted by Crippen LogP contribution is 2.22. The van der Waals surface area contributed by atoms with Gasteiger partial charge in [0.2, 0.25) is 5.28 Å². The van der Waals surface area contributed by atoms with Crippen molar-refractivity contribution in [2.24, 2.45) is 0 Å². The van der Waals surface area contributed by atoms with E-state index < -0.39 is 9.84 Å². The minimum atomic E-state index is -3.27. The molecule has 2 fully saturated rings. The van der Waals surface area contributed by atoms with Crippen LogP contribution in [0.2, 0.25) is 5.28 Å². The number of hydrogen-bond donors (Lipinski definition) is 0. The quantitative estimate of drug-likeness (QED) is 0.741. The largest absolute Gasteiger partial charge is 0.381 e. The Morgan fingerprint density at radius 2 is 1.78 bits per heavy atom. The van der Waals surface area contributed by atoms with E-state index in [1.165, 1.54) is 0 Å². The Morgan fingerprint density at radius 3 is 2.48 bits per heavy atom. The molecule has 0 aliphatic carbocycles. The maximum absolute atomic E-state index is 12.6. The molecule has 0 bridgehead atoms. The van der Waals surface area contributed by atoms with E-state index in [1.807, 2.05) is 4.90 Å². The normalized spacial score (nSPS) is 20.7. The maximum Gasteiger partial charge on any atom is 0.224 e. The van der Waals surface area contributed by atoms with Crippen LogP contribution < -0.4 is 4.90 Å². The lowest BCUT2D eigenvalue weighted by atomic mass is 10.2. The first-order valence-corrected chi connectivity index (χ1v) is 9.79. The van der Waals surface area contributed by atoms with Crippen LogP contribution in [-0.2, 0) is 25.1 Å². The van der Waals surface area contributed by atoms with Gasteiger partial charge in [0.1, 0.15) is 5.82 Å². The van der Waals surface area contributed by atoms with E-state index in [9.17, 15) is 8.42 Å². The van der Waals surface area contributed by atoms with Crippen molar-refractivity contribution in [2.75, 3.05) is 44.4 Å². The molecule has 9 heteroatoms. The van der Waals surface area contributed by atoms with Gasteiger partial charge in [-0.25, -0.2) is 18.4 Å². The Morgan fingerprint density at radius 1 is 1.13 bits per heavy atom. The number of ether oxygens (including phenoxy) is 2. The van der Waals surface area contributed by atoms with E-state index in [0.717, 1.165) is 0 Å². The van der Waals surface area contributed by atoms with E-state index >= 15 is 0 Å². The molecule has 23 heavy (non-hydrogen) atoms. The van der Waals surface area contributed by atoms with E-state index in [1.54, 1.807) is 6.07 Å². The average molecular weight is 362 g/mol. The first-order valence-electron chi connectivity index (χ1n) is 7.70. The van der Waals surface area contributed by atoms with Crippen LogP contribution in [0.4, 0.5) is 5.82 Å². The summed E-state index contributed by atoms with van der Waals surface area (Å²) in [5.41, 5.74) is 0.443. The molecule has 0 saturated carbocycles. The first-order chi connectivity index (χ1) is 11.0. The monoisotopic (exact) mass is 361 g/mol. The first kappa shape index (κ1) is 16.9. The summed E-state index contributed by atoms with van der Waals surface area (Å²) in [6, 6.07) is 1.72. The standard InChI is InChI=1S/C14H20ClN3O4S/c15-14-16-11(9-13(17-14)18-3-7-22-8-4-18)10-23(19,20)12-1-5-21-6-2-12/h9,12H,1-8,10H2. The Bertz CT molecular complexity index is 643. The third-order valence-corrected chi connectivity index (χ3v) is 6.45. The van der Waals surface area contributed by atoms with Gasteiger partial charge in [0.05, 0.1) is 29.9 Å². The van der Waals surface area contributed by atoms with Crippen LogP contribution in [0.15, 0.2) is 6.07 Å². The summed E-state index contributed by atoms with van der Waals surface area (Å²) in [6.07, 6.45) is 1.08. The summed E-state index contributed by atoms with van der Waals surface area (Å²) in [4.78, 5) is 10.3. The van der Waals surface area contributed by atoms with Gasteiger partial charge in [0.15, 0.2) is 9.84 Å². The van der Waals surface area contributed by atoms with E-state index in [0.29, 0.717) is 63.9 Å². The van der Waals surface area contributed by atoms with Crippen molar-refractivity contribution >= 4 is 27.3 Å². The molecular weight excluding hydrogens is 342 g/mol. The molecule has 3 heterocycles. The molecule has 2 saturated heterocycles. The molecule has 2 aliphatic rings. The summed E-state index contributed by atoms with van der Waals surface area (Å²) in [6.45, 7) is 3.65. The Labute approximate surface area is 140 Å². The fourth-order valence-electron chi connectivity index (χ4n) is 2.84. The molecule has 0 N–H and O–H groups in total. The summed E-state index contributed by atoms with van der Waals surface area (Å²) in [5.74, 6) is 0.544. The molecule has 0 radical (unpaired) electrons. The minimum Gasteiger partial charge on any atom is -0.381 e. The zero-order valence-electron chi connectivity index (χ0n) is 12.8.